The van der Waals surface area contributed by atoms with Crippen molar-refractivity contribution >= 4 is 17.2 Å². The minimum absolute atomic E-state index is 0.102. The fourth-order valence-electron chi connectivity index (χ4n) is 1.65. The Hall–Kier alpha value is -1.81. The maximum atomic E-state index is 11.8. The van der Waals surface area contributed by atoms with Crippen LogP contribution in [-0.4, -0.2) is 11.0 Å². The van der Waals surface area contributed by atoms with Crippen molar-refractivity contribution in [1.29, 1.82) is 0 Å². The smallest absolute Gasteiger partial charge is 0.251 e. The van der Waals surface area contributed by atoms with Gasteiger partial charge in [0.1, 0.15) is 5.75 Å². The van der Waals surface area contributed by atoms with Crippen molar-refractivity contribution in [3.8, 4) is 5.75 Å². The van der Waals surface area contributed by atoms with Crippen molar-refractivity contribution in [3.05, 3.63) is 51.2 Å². The number of aromatic hydroxyl groups is 1. The third-order valence-electron chi connectivity index (χ3n) is 2.75. The maximum Gasteiger partial charge on any atom is 0.251 e. The fraction of sp³-hybridized carbons (Fsp3) is 0.214. The summed E-state index contributed by atoms with van der Waals surface area (Å²) in [5, 5.41) is 12.2. The van der Waals surface area contributed by atoms with Crippen LogP contribution in [0.4, 0.5) is 0 Å². The van der Waals surface area contributed by atoms with Crippen LogP contribution < -0.4 is 5.32 Å². The van der Waals surface area contributed by atoms with Crippen LogP contribution in [-0.2, 0) is 6.54 Å². The van der Waals surface area contributed by atoms with Crippen LogP contribution in [0.5, 0.6) is 5.75 Å². The van der Waals surface area contributed by atoms with Crippen molar-refractivity contribution < 1.29 is 9.90 Å². The van der Waals surface area contributed by atoms with Gasteiger partial charge in [0, 0.05) is 15.3 Å². The lowest BCUT2D eigenvalue weighted by molar-refractivity contribution is 0.0951. The molecule has 1 aromatic carbocycles. The number of phenols is 1. The largest absolute Gasteiger partial charge is 0.508 e. The molecule has 0 aliphatic heterocycles. The van der Waals surface area contributed by atoms with E-state index in [4.69, 9.17) is 0 Å². The Balaban J connectivity index is 2.00. The zero-order chi connectivity index (χ0) is 13.1. The lowest BCUT2D eigenvalue weighted by atomic mass is 10.2. The quantitative estimate of drug-likeness (QED) is 0.892. The van der Waals surface area contributed by atoms with Crippen LogP contribution in [0.2, 0.25) is 0 Å². The number of hydrogen-bond donors (Lipinski definition) is 2. The first-order valence-corrected chi connectivity index (χ1v) is 6.51. The molecule has 2 aromatic rings. The second kappa shape index (κ2) is 5.23. The Labute approximate surface area is 110 Å². The predicted octanol–water partition coefficient (Wildman–Crippen LogP) is 3.00. The molecule has 4 heteroatoms. The number of thiophene rings is 1. The van der Waals surface area contributed by atoms with Gasteiger partial charge >= 0.3 is 0 Å². The normalized spacial score (nSPS) is 10.3. The van der Waals surface area contributed by atoms with E-state index >= 15 is 0 Å². The van der Waals surface area contributed by atoms with E-state index in [0.29, 0.717) is 12.1 Å². The molecular formula is C14H15NO2S. The zero-order valence-electron chi connectivity index (χ0n) is 10.4. The van der Waals surface area contributed by atoms with Gasteiger partial charge in [-0.2, -0.15) is 0 Å². The molecule has 18 heavy (non-hydrogen) atoms. The molecule has 0 saturated carbocycles. The highest BCUT2D eigenvalue weighted by atomic mass is 32.1. The van der Waals surface area contributed by atoms with Gasteiger partial charge in [0.2, 0.25) is 0 Å². The molecule has 0 unspecified atom stereocenters. The van der Waals surface area contributed by atoms with Gasteiger partial charge in [0.15, 0.2) is 0 Å². The first kappa shape index (κ1) is 12.6. The molecule has 0 fully saturated rings. The van der Waals surface area contributed by atoms with E-state index in [1.54, 1.807) is 29.5 Å². The van der Waals surface area contributed by atoms with E-state index in [2.05, 4.69) is 25.2 Å². The highest BCUT2D eigenvalue weighted by Gasteiger charge is 2.07. The molecule has 2 N–H and O–H groups in total. The number of carbonyl (C=O) groups is 1. The van der Waals surface area contributed by atoms with Gasteiger partial charge in [0.05, 0.1) is 6.54 Å². The van der Waals surface area contributed by atoms with E-state index in [1.165, 1.54) is 16.5 Å². The van der Waals surface area contributed by atoms with E-state index in [0.717, 1.165) is 4.88 Å². The molecule has 2 rings (SSSR count). The van der Waals surface area contributed by atoms with Crippen molar-refractivity contribution in [2.24, 2.45) is 0 Å². The Morgan fingerprint density at radius 2 is 2.11 bits per heavy atom. The molecule has 0 radical (unpaired) electrons. The summed E-state index contributed by atoms with van der Waals surface area (Å²) >= 11 is 1.69. The zero-order valence-corrected chi connectivity index (χ0v) is 11.2. The van der Waals surface area contributed by atoms with Gasteiger partial charge < -0.3 is 10.4 Å². The Bertz CT molecular complexity index is 555. The average Bonchev–Trinajstić information content (AvgIpc) is 2.66. The summed E-state index contributed by atoms with van der Waals surface area (Å²) < 4.78 is 0. The number of aryl methyl sites for hydroxylation is 2. The van der Waals surface area contributed by atoms with Crippen molar-refractivity contribution in [1.82, 2.24) is 5.32 Å². The van der Waals surface area contributed by atoms with Gasteiger partial charge in [-0.05, 0) is 43.7 Å². The fourth-order valence-corrected chi connectivity index (χ4v) is 2.65. The van der Waals surface area contributed by atoms with Crippen LogP contribution in [0.15, 0.2) is 30.3 Å². The predicted molar refractivity (Wildman–Crippen MR) is 73.1 cm³/mol. The molecule has 0 aliphatic carbocycles. The van der Waals surface area contributed by atoms with Gasteiger partial charge in [0.25, 0.3) is 5.91 Å². The molecule has 0 saturated heterocycles. The summed E-state index contributed by atoms with van der Waals surface area (Å²) in [6, 6.07) is 8.43. The first-order valence-electron chi connectivity index (χ1n) is 5.69. The molecule has 3 nitrogen and oxygen atoms in total. The van der Waals surface area contributed by atoms with Crippen molar-refractivity contribution in [2.45, 2.75) is 20.4 Å². The summed E-state index contributed by atoms with van der Waals surface area (Å²) in [6.07, 6.45) is 0. The minimum Gasteiger partial charge on any atom is -0.508 e. The van der Waals surface area contributed by atoms with Gasteiger partial charge in [-0.15, -0.1) is 11.3 Å². The Kier molecular flexibility index (Phi) is 3.67. The third kappa shape index (κ3) is 2.90. The van der Waals surface area contributed by atoms with Gasteiger partial charge in [-0.25, -0.2) is 0 Å². The molecule has 0 atom stereocenters. The number of carbonyl (C=O) groups excluding carboxylic acids is 1. The standard InChI is InChI=1S/C14H15NO2S/c1-9-6-13(18-10(9)2)8-15-14(17)11-4-3-5-12(16)7-11/h3-7,16H,8H2,1-2H3,(H,15,17). The summed E-state index contributed by atoms with van der Waals surface area (Å²) in [5.41, 5.74) is 1.72. The van der Waals surface area contributed by atoms with Crippen molar-refractivity contribution in [2.75, 3.05) is 0 Å². The van der Waals surface area contributed by atoms with E-state index < -0.39 is 0 Å². The van der Waals surface area contributed by atoms with Crippen LogP contribution >= 0.6 is 11.3 Å². The lowest BCUT2D eigenvalue weighted by Crippen LogP contribution is -2.22. The van der Waals surface area contributed by atoms with Crippen LogP contribution in [0.3, 0.4) is 0 Å². The highest BCUT2D eigenvalue weighted by Crippen LogP contribution is 2.20. The number of nitrogens with one attached hydrogen (secondary N) is 1. The summed E-state index contributed by atoms with van der Waals surface area (Å²) in [7, 11) is 0. The highest BCUT2D eigenvalue weighted by molar-refractivity contribution is 7.12. The summed E-state index contributed by atoms with van der Waals surface area (Å²) in [5.74, 6) is -0.0694. The second-order valence-electron chi connectivity index (χ2n) is 4.18. The lowest BCUT2D eigenvalue weighted by Gasteiger charge is -2.03. The molecular weight excluding hydrogens is 246 g/mol. The van der Waals surface area contributed by atoms with Crippen LogP contribution in [0.1, 0.15) is 25.7 Å². The van der Waals surface area contributed by atoms with Gasteiger partial charge in [-0.1, -0.05) is 6.07 Å². The molecule has 1 aromatic heterocycles. The molecule has 0 spiro atoms. The third-order valence-corrected chi connectivity index (χ3v) is 3.90. The second-order valence-corrected chi connectivity index (χ2v) is 5.53. The molecule has 0 aliphatic rings. The SMILES string of the molecule is Cc1cc(CNC(=O)c2cccc(O)c2)sc1C. The van der Waals surface area contributed by atoms with Crippen molar-refractivity contribution in [3.63, 3.8) is 0 Å². The number of phenolic OH excluding ortho intramolecular Hbond substituents is 1. The van der Waals surface area contributed by atoms with E-state index in [1.807, 2.05) is 0 Å². The molecule has 94 valence electrons. The number of hydrogen-bond acceptors (Lipinski definition) is 3. The summed E-state index contributed by atoms with van der Waals surface area (Å²) in [6.45, 7) is 4.65. The number of rotatable bonds is 3. The van der Waals surface area contributed by atoms with E-state index in [-0.39, 0.29) is 11.7 Å². The molecule has 0 bridgehead atoms. The first-order chi connectivity index (χ1) is 8.56. The topological polar surface area (TPSA) is 49.3 Å². The molecule has 1 heterocycles. The summed E-state index contributed by atoms with van der Waals surface area (Å²) in [4.78, 5) is 14.3. The minimum atomic E-state index is -0.172. The maximum absolute atomic E-state index is 11.8. The Morgan fingerprint density at radius 1 is 1.33 bits per heavy atom. The van der Waals surface area contributed by atoms with E-state index in [9.17, 15) is 9.90 Å². The average molecular weight is 261 g/mol. The van der Waals surface area contributed by atoms with Crippen LogP contribution in [0.25, 0.3) is 0 Å². The number of benzene rings is 1. The molecule has 1 amide bonds. The van der Waals surface area contributed by atoms with Gasteiger partial charge in [-0.3, -0.25) is 4.79 Å². The van der Waals surface area contributed by atoms with Crippen LogP contribution in [0, 0.1) is 13.8 Å². The Morgan fingerprint density at radius 3 is 2.72 bits per heavy atom. The monoisotopic (exact) mass is 261 g/mol. The number of amides is 1.